The molecule has 0 radical (unpaired) electrons. The van der Waals surface area contributed by atoms with Gasteiger partial charge in [-0.2, -0.15) is 5.10 Å². The van der Waals surface area contributed by atoms with Gasteiger partial charge in [-0.05, 0) is 32.4 Å². The number of rotatable bonds is 5. The Labute approximate surface area is 214 Å². The Morgan fingerprint density at radius 1 is 1.00 bits per heavy atom. The standard InChI is InChI=1S/C21H27N3O4.C6H6.C2H6/c1-14(24-12-11-17(28-20(24)26)13-21(2,3)27)15-5-7-16(8-6-15)18-9-10-19(25)23(4)22-18;1-2-4-6-5-3-1;1-2/h5-10,14,17,27H,11-13H2,1-4H3;1-6H;1-2H3. The second-order valence-electron chi connectivity index (χ2n) is 9.14. The lowest BCUT2D eigenvalue weighted by molar-refractivity contribution is -0.0309. The molecule has 36 heavy (non-hydrogen) atoms. The van der Waals surface area contributed by atoms with Gasteiger partial charge in [-0.3, -0.25) is 4.79 Å². The van der Waals surface area contributed by atoms with Gasteiger partial charge in [0, 0.05) is 38.1 Å². The van der Waals surface area contributed by atoms with Crippen molar-refractivity contribution in [3.05, 3.63) is 88.7 Å². The summed E-state index contributed by atoms with van der Waals surface area (Å²) in [5.74, 6) is 0. The predicted molar refractivity (Wildman–Crippen MR) is 144 cm³/mol. The number of carbonyl (C=O) groups excluding carboxylic acids is 1. The fraction of sp³-hybridized carbons (Fsp3) is 0.414. The Morgan fingerprint density at radius 2 is 1.56 bits per heavy atom. The van der Waals surface area contributed by atoms with Crippen LogP contribution in [-0.4, -0.2) is 44.1 Å². The summed E-state index contributed by atoms with van der Waals surface area (Å²) in [6.45, 7) is 10.00. The molecule has 0 spiro atoms. The summed E-state index contributed by atoms with van der Waals surface area (Å²) in [6, 6.07) is 22.9. The van der Waals surface area contributed by atoms with Gasteiger partial charge in [0.15, 0.2) is 0 Å². The second kappa shape index (κ2) is 13.6. The van der Waals surface area contributed by atoms with Crippen LogP contribution in [0.5, 0.6) is 0 Å². The van der Waals surface area contributed by atoms with Gasteiger partial charge in [-0.1, -0.05) is 74.5 Å². The molecular formula is C29H39N3O4. The third kappa shape index (κ3) is 8.64. The summed E-state index contributed by atoms with van der Waals surface area (Å²) >= 11 is 0. The molecule has 4 rings (SSSR count). The average molecular weight is 494 g/mol. The Morgan fingerprint density at radius 3 is 2.03 bits per heavy atom. The van der Waals surface area contributed by atoms with Gasteiger partial charge < -0.3 is 14.7 Å². The Balaban J connectivity index is 0.000000491. The molecule has 194 valence electrons. The van der Waals surface area contributed by atoms with E-state index in [-0.39, 0.29) is 23.8 Å². The highest BCUT2D eigenvalue weighted by molar-refractivity contribution is 5.69. The summed E-state index contributed by atoms with van der Waals surface area (Å²) in [7, 11) is 1.62. The summed E-state index contributed by atoms with van der Waals surface area (Å²) in [5.41, 5.74) is 1.60. The third-order valence-corrected chi connectivity index (χ3v) is 5.70. The molecule has 1 aliphatic heterocycles. The first-order chi connectivity index (χ1) is 17.1. The van der Waals surface area contributed by atoms with Crippen LogP contribution in [0.2, 0.25) is 0 Å². The van der Waals surface area contributed by atoms with Crippen LogP contribution in [0.4, 0.5) is 4.79 Å². The summed E-state index contributed by atoms with van der Waals surface area (Å²) in [6.07, 6.45) is 0.522. The van der Waals surface area contributed by atoms with Crippen molar-refractivity contribution in [3.63, 3.8) is 0 Å². The number of aromatic nitrogens is 2. The van der Waals surface area contributed by atoms with E-state index in [1.807, 2.05) is 81.4 Å². The molecule has 7 heteroatoms. The maximum atomic E-state index is 12.4. The van der Waals surface area contributed by atoms with Crippen molar-refractivity contribution in [2.24, 2.45) is 7.05 Å². The topological polar surface area (TPSA) is 84.7 Å². The maximum Gasteiger partial charge on any atom is 0.410 e. The molecule has 1 amide bonds. The molecule has 0 bridgehead atoms. The lowest BCUT2D eigenvalue weighted by Gasteiger charge is -2.37. The summed E-state index contributed by atoms with van der Waals surface area (Å²) in [5, 5.41) is 14.2. The molecule has 7 nitrogen and oxygen atoms in total. The Bertz CT molecular complexity index is 1100. The molecule has 1 aliphatic rings. The number of hydrogen-bond acceptors (Lipinski definition) is 5. The average Bonchev–Trinajstić information content (AvgIpc) is 2.87. The first-order valence-electron chi connectivity index (χ1n) is 12.5. The minimum absolute atomic E-state index is 0.127. The third-order valence-electron chi connectivity index (χ3n) is 5.70. The minimum atomic E-state index is -0.858. The largest absolute Gasteiger partial charge is 0.446 e. The number of ether oxygens (including phenoxy) is 1. The molecule has 2 aromatic carbocycles. The van der Waals surface area contributed by atoms with Gasteiger partial charge in [0.05, 0.1) is 17.3 Å². The molecule has 2 atom stereocenters. The summed E-state index contributed by atoms with van der Waals surface area (Å²) in [4.78, 5) is 25.6. The molecule has 0 aliphatic carbocycles. The van der Waals surface area contributed by atoms with E-state index in [0.717, 1.165) is 11.1 Å². The van der Waals surface area contributed by atoms with Crippen molar-refractivity contribution < 1.29 is 14.6 Å². The van der Waals surface area contributed by atoms with E-state index in [4.69, 9.17) is 4.74 Å². The SMILES string of the molecule is CC.CC(c1ccc(-c2ccc(=O)n(C)n2)cc1)N1CCC(CC(C)(C)O)OC1=O.c1ccccc1. The van der Waals surface area contributed by atoms with Gasteiger partial charge >= 0.3 is 6.09 Å². The van der Waals surface area contributed by atoms with Crippen LogP contribution >= 0.6 is 0 Å². The molecule has 0 saturated carbocycles. The van der Waals surface area contributed by atoms with E-state index >= 15 is 0 Å². The molecule has 1 fully saturated rings. The van der Waals surface area contributed by atoms with Crippen LogP contribution in [-0.2, 0) is 11.8 Å². The second-order valence-corrected chi connectivity index (χ2v) is 9.14. The maximum absolute atomic E-state index is 12.4. The van der Waals surface area contributed by atoms with Crippen LogP contribution in [0.3, 0.4) is 0 Å². The van der Waals surface area contributed by atoms with E-state index in [9.17, 15) is 14.7 Å². The highest BCUT2D eigenvalue weighted by atomic mass is 16.6. The van der Waals surface area contributed by atoms with Crippen molar-refractivity contribution in [2.45, 2.75) is 65.2 Å². The van der Waals surface area contributed by atoms with E-state index in [1.165, 1.54) is 10.7 Å². The monoisotopic (exact) mass is 493 g/mol. The smallest absolute Gasteiger partial charge is 0.410 e. The molecule has 2 unspecified atom stereocenters. The Kier molecular flexibility index (Phi) is 10.9. The fourth-order valence-corrected chi connectivity index (χ4v) is 3.85. The molecule has 3 aromatic rings. The first-order valence-corrected chi connectivity index (χ1v) is 12.5. The number of amides is 1. The number of aliphatic hydroxyl groups is 1. The zero-order valence-corrected chi connectivity index (χ0v) is 22.2. The number of carbonyl (C=O) groups is 1. The quantitative estimate of drug-likeness (QED) is 0.501. The molecule has 1 N–H and O–H groups in total. The first kappa shape index (κ1) is 28.8. The number of hydrogen-bond donors (Lipinski definition) is 1. The molecule has 1 aromatic heterocycles. The molecule has 2 heterocycles. The van der Waals surface area contributed by atoms with Crippen LogP contribution in [0.15, 0.2) is 77.6 Å². The van der Waals surface area contributed by atoms with E-state index in [2.05, 4.69) is 5.10 Å². The highest BCUT2D eigenvalue weighted by Gasteiger charge is 2.33. The Hall–Kier alpha value is -3.45. The lowest BCUT2D eigenvalue weighted by atomic mass is 9.97. The normalized spacial score (nSPS) is 16.0. The number of aryl methyl sites for hydroxylation is 1. The van der Waals surface area contributed by atoms with Crippen LogP contribution < -0.4 is 5.56 Å². The van der Waals surface area contributed by atoms with Crippen molar-refractivity contribution in [3.8, 4) is 11.3 Å². The molecular weight excluding hydrogens is 454 g/mol. The fourth-order valence-electron chi connectivity index (χ4n) is 3.85. The predicted octanol–water partition coefficient (Wildman–Crippen LogP) is 5.59. The van der Waals surface area contributed by atoms with E-state index < -0.39 is 5.60 Å². The number of nitrogens with zero attached hydrogens (tertiary/aromatic N) is 3. The van der Waals surface area contributed by atoms with Crippen molar-refractivity contribution >= 4 is 6.09 Å². The number of cyclic esters (lactones) is 1. The van der Waals surface area contributed by atoms with E-state index in [0.29, 0.717) is 25.1 Å². The van der Waals surface area contributed by atoms with Gasteiger partial charge in [-0.15, -0.1) is 0 Å². The van der Waals surface area contributed by atoms with Gasteiger partial charge in [0.2, 0.25) is 0 Å². The van der Waals surface area contributed by atoms with E-state index in [1.54, 1.807) is 31.9 Å². The van der Waals surface area contributed by atoms with Crippen molar-refractivity contribution in [1.82, 2.24) is 14.7 Å². The van der Waals surface area contributed by atoms with Gasteiger partial charge in [-0.25, -0.2) is 9.48 Å². The zero-order valence-electron chi connectivity index (χ0n) is 22.2. The number of benzene rings is 2. The van der Waals surface area contributed by atoms with Crippen LogP contribution in [0.25, 0.3) is 11.3 Å². The summed E-state index contributed by atoms with van der Waals surface area (Å²) < 4.78 is 6.82. The van der Waals surface area contributed by atoms with Gasteiger partial charge in [0.1, 0.15) is 6.10 Å². The van der Waals surface area contributed by atoms with Crippen molar-refractivity contribution in [1.29, 1.82) is 0 Å². The van der Waals surface area contributed by atoms with Crippen LogP contribution in [0.1, 0.15) is 59.1 Å². The lowest BCUT2D eigenvalue weighted by Crippen LogP contribution is -2.45. The van der Waals surface area contributed by atoms with Gasteiger partial charge in [0.25, 0.3) is 5.56 Å². The van der Waals surface area contributed by atoms with Crippen molar-refractivity contribution in [2.75, 3.05) is 6.54 Å². The highest BCUT2D eigenvalue weighted by Crippen LogP contribution is 2.29. The minimum Gasteiger partial charge on any atom is -0.446 e. The zero-order chi connectivity index (χ0) is 26.7. The van der Waals surface area contributed by atoms with Crippen LogP contribution in [0, 0.1) is 0 Å². The molecule has 1 saturated heterocycles.